The van der Waals surface area contributed by atoms with E-state index in [0.717, 1.165) is 24.3 Å². The molecule has 9 heteroatoms. The van der Waals surface area contributed by atoms with Gasteiger partial charge in [0.25, 0.3) is 0 Å². The Labute approximate surface area is 193 Å². The molecule has 2 N–H and O–H groups in total. The van der Waals surface area contributed by atoms with E-state index in [2.05, 4.69) is 15.3 Å². The van der Waals surface area contributed by atoms with Gasteiger partial charge >= 0.3 is 0 Å². The van der Waals surface area contributed by atoms with E-state index in [0.29, 0.717) is 23.9 Å². The zero-order valence-corrected chi connectivity index (χ0v) is 19.7. The van der Waals surface area contributed by atoms with Gasteiger partial charge in [-0.1, -0.05) is 23.7 Å². The van der Waals surface area contributed by atoms with Crippen LogP contribution in [0.15, 0.2) is 30.6 Å². The van der Waals surface area contributed by atoms with E-state index >= 15 is 0 Å². The quantitative estimate of drug-likeness (QED) is 0.590. The number of carbonyl (C=O) groups excluding carboxylic acids is 1. The maximum absolute atomic E-state index is 12.0. The minimum Gasteiger partial charge on any atom is -0.489 e. The highest BCUT2D eigenvalue weighted by atomic mass is 35.5. The first-order chi connectivity index (χ1) is 15.2. The second kappa shape index (κ2) is 10.4. The number of aromatic nitrogens is 2. The Morgan fingerprint density at radius 2 is 2.06 bits per heavy atom. The van der Waals surface area contributed by atoms with Crippen LogP contribution in [-0.4, -0.2) is 58.9 Å². The SMILES string of the molecule is CCNC(=O)C(C)c1ccc(O[C@@H]2CCN(c3ncnc(OCC(C)(C)O)c3Cl)C2)cc1. The summed E-state index contributed by atoms with van der Waals surface area (Å²) in [6.45, 7) is 9.15. The van der Waals surface area contributed by atoms with Crippen molar-refractivity contribution in [2.24, 2.45) is 0 Å². The molecule has 0 spiro atoms. The fourth-order valence-corrected chi connectivity index (χ4v) is 3.71. The highest BCUT2D eigenvalue weighted by molar-refractivity contribution is 6.34. The van der Waals surface area contributed by atoms with E-state index < -0.39 is 5.60 Å². The minimum atomic E-state index is -0.992. The minimum absolute atomic E-state index is 0.0141. The Balaban J connectivity index is 1.60. The molecule has 1 fully saturated rings. The maximum atomic E-state index is 12.0. The number of amides is 1. The summed E-state index contributed by atoms with van der Waals surface area (Å²) >= 11 is 6.47. The van der Waals surface area contributed by atoms with Crippen molar-refractivity contribution in [2.45, 2.75) is 51.7 Å². The molecule has 32 heavy (non-hydrogen) atoms. The van der Waals surface area contributed by atoms with E-state index in [1.165, 1.54) is 6.33 Å². The number of hydrogen-bond acceptors (Lipinski definition) is 7. The lowest BCUT2D eigenvalue weighted by Crippen LogP contribution is -2.29. The molecule has 2 heterocycles. The van der Waals surface area contributed by atoms with Crippen molar-refractivity contribution in [3.63, 3.8) is 0 Å². The molecule has 3 rings (SSSR count). The van der Waals surface area contributed by atoms with Crippen LogP contribution in [0.1, 0.15) is 45.6 Å². The second-order valence-electron chi connectivity index (χ2n) is 8.58. The average molecular weight is 463 g/mol. The van der Waals surface area contributed by atoms with Gasteiger partial charge in [0.1, 0.15) is 29.8 Å². The molecule has 1 aromatic carbocycles. The predicted molar refractivity (Wildman–Crippen MR) is 124 cm³/mol. The van der Waals surface area contributed by atoms with Crippen molar-refractivity contribution in [2.75, 3.05) is 31.1 Å². The number of nitrogens with zero attached hydrogens (tertiary/aromatic N) is 3. The van der Waals surface area contributed by atoms with E-state index in [1.54, 1.807) is 13.8 Å². The van der Waals surface area contributed by atoms with Crippen molar-refractivity contribution < 1.29 is 19.4 Å². The fraction of sp³-hybridized carbons (Fsp3) is 0.522. The summed E-state index contributed by atoms with van der Waals surface area (Å²) in [4.78, 5) is 22.5. The molecular formula is C23H31ClN4O4. The molecule has 0 aliphatic carbocycles. The van der Waals surface area contributed by atoms with Crippen LogP contribution < -0.4 is 19.7 Å². The van der Waals surface area contributed by atoms with Gasteiger partial charge in [-0.05, 0) is 45.4 Å². The Hall–Kier alpha value is -2.58. The molecular weight excluding hydrogens is 432 g/mol. The third kappa shape index (κ3) is 6.23. The summed E-state index contributed by atoms with van der Waals surface area (Å²) < 4.78 is 11.7. The first kappa shape index (κ1) is 24.1. The first-order valence-electron chi connectivity index (χ1n) is 10.8. The molecule has 1 aliphatic rings. The largest absolute Gasteiger partial charge is 0.489 e. The summed E-state index contributed by atoms with van der Waals surface area (Å²) in [7, 11) is 0. The monoisotopic (exact) mass is 462 g/mol. The lowest BCUT2D eigenvalue weighted by molar-refractivity contribution is -0.122. The van der Waals surface area contributed by atoms with Gasteiger partial charge in [0.2, 0.25) is 11.8 Å². The molecule has 1 saturated heterocycles. The number of halogens is 1. The zero-order valence-electron chi connectivity index (χ0n) is 19.0. The number of nitrogens with one attached hydrogen (secondary N) is 1. The number of anilines is 1. The van der Waals surface area contributed by atoms with Crippen molar-refractivity contribution in [1.82, 2.24) is 15.3 Å². The summed E-state index contributed by atoms with van der Waals surface area (Å²) in [5.74, 6) is 1.40. The molecule has 0 saturated carbocycles. The number of likely N-dealkylation sites (N-methyl/N-ethyl adjacent to an activating group) is 1. The number of rotatable bonds is 9. The van der Waals surface area contributed by atoms with E-state index in [-0.39, 0.29) is 30.4 Å². The van der Waals surface area contributed by atoms with Crippen molar-refractivity contribution in [1.29, 1.82) is 0 Å². The number of carbonyl (C=O) groups is 1. The van der Waals surface area contributed by atoms with Crippen LogP contribution in [0.2, 0.25) is 5.02 Å². The fourth-order valence-electron chi connectivity index (χ4n) is 3.43. The predicted octanol–water partition coefficient (Wildman–Crippen LogP) is 3.18. The number of aliphatic hydroxyl groups is 1. The Morgan fingerprint density at radius 1 is 1.34 bits per heavy atom. The van der Waals surface area contributed by atoms with Crippen molar-refractivity contribution in [3.8, 4) is 11.6 Å². The van der Waals surface area contributed by atoms with Gasteiger partial charge in [0.05, 0.1) is 18.1 Å². The Morgan fingerprint density at radius 3 is 2.72 bits per heavy atom. The second-order valence-corrected chi connectivity index (χ2v) is 8.96. The van der Waals surface area contributed by atoms with Gasteiger partial charge in [-0.3, -0.25) is 4.79 Å². The summed E-state index contributed by atoms with van der Waals surface area (Å²) in [6, 6.07) is 7.65. The lowest BCUT2D eigenvalue weighted by atomic mass is 10.0. The van der Waals surface area contributed by atoms with Gasteiger partial charge in [-0.25, -0.2) is 9.97 Å². The Bertz CT molecular complexity index is 917. The van der Waals surface area contributed by atoms with Gasteiger partial charge in [-0.15, -0.1) is 0 Å². The zero-order chi connectivity index (χ0) is 23.3. The van der Waals surface area contributed by atoms with Crippen LogP contribution in [0.3, 0.4) is 0 Å². The van der Waals surface area contributed by atoms with Gasteiger partial charge in [0.15, 0.2) is 5.82 Å². The molecule has 0 radical (unpaired) electrons. The van der Waals surface area contributed by atoms with Crippen LogP contribution in [0.4, 0.5) is 5.82 Å². The standard InChI is InChI=1S/C23H31ClN4O4/c1-5-25-21(29)15(2)16-6-8-17(9-7-16)32-18-10-11-28(12-18)20-19(24)22(27-14-26-20)31-13-23(3,4)30/h6-9,14-15,18,30H,5,10-13H2,1-4H3,(H,25,29)/t15?,18-/m1/s1. The van der Waals surface area contributed by atoms with Crippen LogP contribution in [0.5, 0.6) is 11.6 Å². The normalized spacial score (nSPS) is 17.2. The number of benzene rings is 1. The molecule has 8 nitrogen and oxygen atoms in total. The first-order valence-corrected chi connectivity index (χ1v) is 11.2. The molecule has 2 aromatic rings. The molecule has 1 aliphatic heterocycles. The summed E-state index contributed by atoms with van der Waals surface area (Å²) in [6.07, 6.45) is 2.20. The van der Waals surface area contributed by atoms with Crippen molar-refractivity contribution in [3.05, 3.63) is 41.2 Å². The Kier molecular flexibility index (Phi) is 7.79. The van der Waals surface area contributed by atoms with Crippen LogP contribution in [0.25, 0.3) is 0 Å². The van der Waals surface area contributed by atoms with Crippen LogP contribution >= 0.6 is 11.6 Å². The topological polar surface area (TPSA) is 96.8 Å². The van der Waals surface area contributed by atoms with E-state index in [4.69, 9.17) is 21.1 Å². The number of hydrogen-bond donors (Lipinski definition) is 2. The molecule has 0 bridgehead atoms. The number of ether oxygens (including phenoxy) is 2. The van der Waals surface area contributed by atoms with Gasteiger partial charge in [0, 0.05) is 19.5 Å². The maximum Gasteiger partial charge on any atom is 0.238 e. The molecule has 1 aromatic heterocycles. The molecule has 174 valence electrons. The van der Waals surface area contributed by atoms with Crippen LogP contribution in [0, 0.1) is 0 Å². The third-order valence-electron chi connectivity index (χ3n) is 5.17. The molecule has 1 unspecified atom stereocenters. The van der Waals surface area contributed by atoms with Gasteiger partial charge < -0.3 is 24.8 Å². The lowest BCUT2D eigenvalue weighted by Gasteiger charge is -2.21. The highest BCUT2D eigenvalue weighted by Crippen LogP contribution is 2.33. The van der Waals surface area contributed by atoms with Crippen LogP contribution in [-0.2, 0) is 4.79 Å². The van der Waals surface area contributed by atoms with Crippen molar-refractivity contribution >= 4 is 23.3 Å². The van der Waals surface area contributed by atoms with E-state index in [1.807, 2.05) is 43.0 Å². The average Bonchev–Trinajstić information content (AvgIpc) is 3.21. The summed E-state index contributed by atoms with van der Waals surface area (Å²) in [5, 5.41) is 13.0. The molecule has 1 amide bonds. The summed E-state index contributed by atoms with van der Waals surface area (Å²) in [5.41, 5.74) is -0.0450. The molecule has 2 atom stereocenters. The smallest absolute Gasteiger partial charge is 0.238 e. The van der Waals surface area contributed by atoms with Gasteiger partial charge in [-0.2, -0.15) is 0 Å². The van der Waals surface area contributed by atoms with E-state index in [9.17, 15) is 9.90 Å². The third-order valence-corrected chi connectivity index (χ3v) is 5.50. The highest BCUT2D eigenvalue weighted by Gasteiger charge is 2.28.